The average molecular weight is 453 g/mol. The SMILES string of the molecule is CCCC(CCO)CN=C(NCC)NCC(C)c1cccs1.I. The first-order valence-corrected chi connectivity index (χ1v) is 9.25. The van der Waals surface area contributed by atoms with Crippen molar-refractivity contribution >= 4 is 41.3 Å². The molecule has 0 saturated heterocycles. The van der Waals surface area contributed by atoms with E-state index >= 15 is 0 Å². The molecule has 0 fully saturated rings. The Kier molecular flexibility index (Phi) is 13.8. The Labute approximate surface area is 162 Å². The van der Waals surface area contributed by atoms with E-state index in [1.54, 1.807) is 11.3 Å². The van der Waals surface area contributed by atoms with Crippen molar-refractivity contribution < 1.29 is 5.11 Å². The van der Waals surface area contributed by atoms with E-state index in [0.29, 0.717) is 11.8 Å². The van der Waals surface area contributed by atoms with Gasteiger partial charge in [0.25, 0.3) is 0 Å². The van der Waals surface area contributed by atoms with E-state index in [2.05, 4.69) is 48.9 Å². The molecular formula is C17H32IN3OS. The number of thiophene rings is 1. The molecule has 0 aromatic carbocycles. The molecule has 23 heavy (non-hydrogen) atoms. The van der Waals surface area contributed by atoms with Gasteiger partial charge in [0.05, 0.1) is 0 Å². The molecule has 2 unspecified atom stereocenters. The Bertz CT molecular complexity index is 406. The molecule has 1 heterocycles. The Morgan fingerprint density at radius 3 is 2.65 bits per heavy atom. The summed E-state index contributed by atoms with van der Waals surface area (Å²) in [6.07, 6.45) is 3.09. The lowest BCUT2D eigenvalue weighted by molar-refractivity contribution is 0.253. The molecule has 6 heteroatoms. The van der Waals surface area contributed by atoms with Gasteiger partial charge in [0.15, 0.2) is 5.96 Å². The van der Waals surface area contributed by atoms with E-state index in [9.17, 15) is 0 Å². The quantitative estimate of drug-likeness (QED) is 0.287. The van der Waals surface area contributed by atoms with Gasteiger partial charge in [-0.05, 0) is 37.1 Å². The summed E-state index contributed by atoms with van der Waals surface area (Å²) >= 11 is 1.80. The topological polar surface area (TPSA) is 56.7 Å². The normalized spacial score (nSPS) is 14.0. The van der Waals surface area contributed by atoms with Gasteiger partial charge in [-0.15, -0.1) is 35.3 Å². The number of rotatable bonds is 10. The molecule has 0 aliphatic rings. The lowest BCUT2D eigenvalue weighted by atomic mass is 10.0. The smallest absolute Gasteiger partial charge is 0.191 e. The van der Waals surface area contributed by atoms with Gasteiger partial charge in [-0.2, -0.15) is 0 Å². The monoisotopic (exact) mass is 453 g/mol. The van der Waals surface area contributed by atoms with Crippen molar-refractivity contribution in [3.8, 4) is 0 Å². The molecule has 0 radical (unpaired) electrons. The maximum absolute atomic E-state index is 9.14. The Hall–Kier alpha value is -0.340. The molecule has 1 rings (SSSR count). The highest BCUT2D eigenvalue weighted by atomic mass is 127. The van der Waals surface area contributed by atoms with Crippen molar-refractivity contribution in [3.05, 3.63) is 22.4 Å². The number of halogens is 1. The van der Waals surface area contributed by atoms with Crippen LogP contribution < -0.4 is 10.6 Å². The first-order valence-electron chi connectivity index (χ1n) is 8.37. The summed E-state index contributed by atoms with van der Waals surface area (Å²) in [6.45, 7) is 9.25. The molecule has 0 aliphatic carbocycles. The largest absolute Gasteiger partial charge is 0.396 e. The van der Waals surface area contributed by atoms with Crippen molar-refractivity contribution in [1.82, 2.24) is 10.6 Å². The number of guanidine groups is 1. The summed E-state index contributed by atoms with van der Waals surface area (Å²) in [7, 11) is 0. The van der Waals surface area contributed by atoms with E-state index in [1.807, 2.05) is 0 Å². The highest BCUT2D eigenvalue weighted by Crippen LogP contribution is 2.19. The van der Waals surface area contributed by atoms with Gasteiger partial charge in [0, 0.05) is 37.0 Å². The van der Waals surface area contributed by atoms with Crippen LogP contribution in [0.25, 0.3) is 0 Å². The van der Waals surface area contributed by atoms with Gasteiger partial charge in [-0.1, -0.05) is 26.3 Å². The van der Waals surface area contributed by atoms with Gasteiger partial charge >= 0.3 is 0 Å². The van der Waals surface area contributed by atoms with E-state index in [-0.39, 0.29) is 30.6 Å². The van der Waals surface area contributed by atoms with Crippen LogP contribution in [-0.2, 0) is 0 Å². The molecule has 0 bridgehead atoms. The van der Waals surface area contributed by atoms with Crippen molar-refractivity contribution in [2.75, 3.05) is 26.2 Å². The van der Waals surface area contributed by atoms with Gasteiger partial charge in [-0.25, -0.2) is 0 Å². The molecule has 0 amide bonds. The maximum Gasteiger partial charge on any atom is 0.191 e. The molecule has 0 spiro atoms. The second kappa shape index (κ2) is 14.0. The third kappa shape index (κ3) is 9.52. The molecule has 2 atom stereocenters. The predicted octanol–water partition coefficient (Wildman–Crippen LogP) is 3.82. The number of nitrogens with one attached hydrogen (secondary N) is 2. The van der Waals surface area contributed by atoms with Crippen LogP contribution in [0.5, 0.6) is 0 Å². The van der Waals surface area contributed by atoms with E-state index in [1.165, 1.54) is 4.88 Å². The molecule has 1 aromatic heterocycles. The fourth-order valence-electron chi connectivity index (χ4n) is 2.40. The lowest BCUT2D eigenvalue weighted by Gasteiger charge is -2.17. The second-order valence-electron chi connectivity index (χ2n) is 5.68. The molecule has 134 valence electrons. The zero-order valence-corrected chi connectivity index (χ0v) is 17.7. The fraction of sp³-hybridized carbons (Fsp3) is 0.706. The van der Waals surface area contributed by atoms with E-state index < -0.39 is 0 Å². The Morgan fingerprint density at radius 1 is 1.30 bits per heavy atom. The van der Waals surface area contributed by atoms with Crippen LogP contribution in [0.1, 0.15) is 50.8 Å². The summed E-state index contributed by atoms with van der Waals surface area (Å²) in [5.74, 6) is 1.83. The Balaban J connectivity index is 0.00000484. The maximum atomic E-state index is 9.14. The predicted molar refractivity (Wildman–Crippen MR) is 112 cm³/mol. The van der Waals surface area contributed by atoms with Crippen molar-refractivity contribution in [2.24, 2.45) is 10.9 Å². The first kappa shape index (κ1) is 22.7. The summed E-state index contributed by atoms with van der Waals surface area (Å²) < 4.78 is 0. The third-order valence-corrected chi connectivity index (χ3v) is 4.79. The van der Waals surface area contributed by atoms with E-state index in [0.717, 1.165) is 44.9 Å². The summed E-state index contributed by atoms with van der Waals surface area (Å²) in [5, 5.41) is 18.0. The van der Waals surface area contributed by atoms with Crippen LogP contribution in [0, 0.1) is 5.92 Å². The van der Waals surface area contributed by atoms with Gasteiger partial charge in [0.2, 0.25) is 0 Å². The standard InChI is InChI=1S/C17H31N3OS.HI/c1-4-7-15(9-10-21)13-20-17(18-5-2)19-12-14(3)16-8-6-11-22-16;/h6,8,11,14-15,21H,4-5,7,9-10,12-13H2,1-3H3,(H2,18,19,20);1H. The van der Waals surface area contributed by atoms with Gasteiger partial charge in [0.1, 0.15) is 0 Å². The number of aliphatic hydroxyl groups excluding tert-OH is 1. The van der Waals surface area contributed by atoms with Crippen LogP contribution in [-0.4, -0.2) is 37.3 Å². The summed E-state index contributed by atoms with van der Waals surface area (Å²) in [6, 6.07) is 4.28. The number of aliphatic imine (C=N–C) groups is 1. The van der Waals surface area contributed by atoms with Crippen LogP contribution >= 0.6 is 35.3 Å². The van der Waals surface area contributed by atoms with Crippen LogP contribution in [0.3, 0.4) is 0 Å². The Morgan fingerprint density at radius 2 is 2.09 bits per heavy atom. The molecule has 4 nitrogen and oxygen atoms in total. The van der Waals surface area contributed by atoms with Crippen LogP contribution in [0.15, 0.2) is 22.5 Å². The van der Waals surface area contributed by atoms with Gasteiger partial charge < -0.3 is 15.7 Å². The summed E-state index contributed by atoms with van der Waals surface area (Å²) in [4.78, 5) is 6.09. The highest BCUT2D eigenvalue weighted by Gasteiger charge is 2.09. The third-order valence-electron chi connectivity index (χ3n) is 3.69. The second-order valence-corrected chi connectivity index (χ2v) is 6.66. The molecule has 0 saturated carbocycles. The minimum Gasteiger partial charge on any atom is -0.396 e. The number of hydrogen-bond donors (Lipinski definition) is 3. The van der Waals surface area contributed by atoms with Crippen molar-refractivity contribution in [3.63, 3.8) is 0 Å². The minimum absolute atomic E-state index is 0. The minimum atomic E-state index is 0. The van der Waals surface area contributed by atoms with Crippen LogP contribution in [0.4, 0.5) is 0 Å². The number of hydrogen-bond acceptors (Lipinski definition) is 3. The zero-order chi connectivity index (χ0) is 16.2. The lowest BCUT2D eigenvalue weighted by Crippen LogP contribution is -2.39. The van der Waals surface area contributed by atoms with E-state index in [4.69, 9.17) is 10.1 Å². The number of nitrogens with zero attached hydrogens (tertiary/aromatic N) is 1. The van der Waals surface area contributed by atoms with Crippen molar-refractivity contribution in [1.29, 1.82) is 0 Å². The molecule has 0 aliphatic heterocycles. The zero-order valence-electron chi connectivity index (χ0n) is 14.5. The summed E-state index contributed by atoms with van der Waals surface area (Å²) in [5.41, 5.74) is 0. The molecule has 3 N–H and O–H groups in total. The fourth-order valence-corrected chi connectivity index (χ4v) is 3.19. The molecular weight excluding hydrogens is 421 g/mol. The van der Waals surface area contributed by atoms with Gasteiger partial charge in [-0.3, -0.25) is 4.99 Å². The first-order chi connectivity index (χ1) is 10.7. The van der Waals surface area contributed by atoms with Crippen molar-refractivity contribution in [2.45, 2.75) is 46.0 Å². The number of aliphatic hydroxyl groups is 1. The molecule has 1 aromatic rings. The van der Waals surface area contributed by atoms with Crippen LogP contribution in [0.2, 0.25) is 0 Å². The highest BCUT2D eigenvalue weighted by molar-refractivity contribution is 14.0. The average Bonchev–Trinajstić information content (AvgIpc) is 3.04.